The van der Waals surface area contributed by atoms with Crippen LogP contribution in [0.25, 0.3) is 10.9 Å². The summed E-state index contributed by atoms with van der Waals surface area (Å²) in [4.78, 5) is 47.3. The van der Waals surface area contributed by atoms with Crippen LogP contribution < -0.4 is 24.4 Å². The van der Waals surface area contributed by atoms with Crippen molar-refractivity contribution in [3.63, 3.8) is 0 Å². The molecule has 6 rings (SSSR count). The van der Waals surface area contributed by atoms with E-state index in [4.69, 9.17) is 14.2 Å². The number of anilines is 2. The summed E-state index contributed by atoms with van der Waals surface area (Å²) >= 11 is 0. The van der Waals surface area contributed by atoms with Gasteiger partial charge in [0.2, 0.25) is 11.8 Å². The zero-order chi connectivity index (χ0) is 31.7. The molecule has 2 fully saturated rings. The molecule has 1 aliphatic heterocycles. The number of methoxy groups -OCH3 is 2. The number of rotatable bonds is 8. The largest absolute Gasteiger partial charge is 0.493 e. The molecule has 1 saturated heterocycles. The summed E-state index contributed by atoms with van der Waals surface area (Å²) in [7, 11) is 3.01. The maximum Gasteiger partial charge on any atom is 0.331 e. The molecule has 232 valence electrons. The Hall–Kier alpha value is -5.26. The van der Waals surface area contributed by atoms with E-state index in [-0.39, 0.29) is 29.7 Å². The van der Waals surface area contributed by atoms with Crippen molar-refractivity contribution < 1.29 is 37.4 Å². The highest BCUT2D eigenvalue weighted by Gasteiger charge is 2.46. The van der Waals surface area contributed by atoms with E-state index in [9.17, 15) is 18.8 Å². The Bertz CT molecular complexity index is 1780. The lowest BCUT2D eigenvalue weighted by Gasteiger charge is -2.40. The highest BCUT2D eigenvalue weighted by Crippen LogP contribution is 2.38. The molecule has 2 heterocycles. The van der Waals surface area contributed by atoms with E-state index in [1.165, 1.54) is 44.7 Å². The molecule has 10 nitrogen and oxygen atoms in total. The van der Waals surface area contributed by atoms with Gasteiger partial charge in [-0.25, -0.2) is 18.5 Å². The minimum Gasteiger partial charge on any atom is -0.493 e. The van der Waals surface area contributed by atoms with Crippen molar-refractivity contribution in [2.45, 2.75) is 31.7 Å². The molecule has 1 N–H and O–H groups in total. The highest BCUT2D eigenvalue weighted by molar-refractivity contribution is 6.23. The quantitative estimate of drug-likeness (QED) is 0.232. The smallest absolute Gasteiger partial charge is 0.331 e. The number of halogens is 2. The Morgan fingerprint density at radius 1 is 0.889 bits per heavy atom. The van der Waals surface area contributed by atoms with Gasteiger partial charge in [0, 0.05) is 42.0 Å². The van der Waals surface area contributed by atoms with Gasteiger partial charge in [0.25, 0.3) is 0 Å². The van der Waals surface area contributed by atoms with Crippen LogP contribution in [0.2, 0.25) is 0 Å². The van der Waals surface area contributed by atoms with E-state index in [2.05, 4.69) is 10.3 Å². The molecule has 4 aromatic rings. The van der Waals surface area contributed by atoms with Crippen LogP contribution in [0, 0.1) is 17.6 Å². The number of benzene rings is 3. The van der Waals surface area contributed by atoms with Crippen LogP contribution in [0.3, 0.4) is 0 Å². The number of fused-ring (bicyclic) bond motifs is 1. The maximum atomic E-state index is 15.3. The van der Waals surface area contributed by atoms with Gasteiger partial charge >= 0.3 is 6.03 Å². The number of hydrogen-bond donors (Lipinski definition) is 1. The number of amides is 4. The summed E-state index contributed by atoms with van der Waals surface area (Å²) in [6.45, 7) is -0.112. The maximum absolute atomic E-state index is 15.3. The summed E-state index contributed by atoms with van der Waals surface area (Å²) in [5, 5.41) is 3.18. The Kier molecular flexibility index (Phi) is 8.20. The topological polar surface area (TPSA) is 110 Å². The standard InChI is InChI=1S/C33H30F2N4O6/c1-43-29-16-23-26(17-30(29)44-2)36-14-13-27(23)45-28-12-9-20(15-25(28)35)37-31(40)24-18-38(21-5-3-4-6-21)33(42)39(32(24)41)22-10-7-19(34)8-11-22/h7-17,21,24H,3-6,18H2,1-2H3,(H,37,40). The average molecular weight is 617 g/mol. The van der Waals surface area contributed by atoms with Crippen molar-refractivity contribution in [3.05, 3.63) is 78.5 Å². The van der Waals surface area contributed by atoms with Crippen molar-refractivity contribution >= 4 is 40.1 Å². The van der Waals surface area contributed by atoms with Crippen molar-refractivity contribution in [2.24, 2.45) is 5.92 Å². The fourth-order valence-corrected chi connectivity index (χ4v) is 5.82. The number of urea groups is 1. The summed E-state index contributed by atoms with van der Waals surface area (Å²) in [5.74, 6) is -2.84. The lowest BCUT2D eigenvalue weighted by molar-refractivity contribution is -0.132. The Labute approximate surface area is 257 Å². The SMILES string of the molecule is COc1cc2nccc(Oc3ccc(NC(=O)C4CN(C5CCCC5)C(=O)N(c5ccc(F)cc5)C4=O)cc3F)c2cc1OC. The molecule has 0 spiro atoms. The molecule has 4 amide bonds. The molecular weight excluding hydrogens is 586 g/mol. The number of imide groups is 1. The zero-order valence-corrected chi connectivity index (χ0v) is 24.6. The predicted molar refractivity (Wildman–Crippen MR) is 162 cm³/mol. The van der Waals surface area contributed by atoms with E-state index in [0.29, 0.717) is 28.2 Å². The van der Waals surface area contributed by atoms with Crippen LogP contribution in [-0.2, 0) is 9.59 Å². The summed E-state index contributed by atoms with van der Waals surface area (Å²) in [6, 6.07) is 13.1. The van der Waals surface area contributed by atoms with Crippen LogP contribution in [-0.4, -0.2) is 54.5 Å². The van der Waals surface area contributed by atoms with E-state index >= 15 is 4.39 Å². The molecule has 0 bridgehead atoms. The van der Waals surface area contributed by atoms with Crippen LogP contribution in [0.1, 0.15) is 25.7 Å². The van der Waals surface area contributed by atoms with Crippen LogP contribution >= 0.6 is 0 Å². The molecule has 1 atom stereocenters. The first-order valence-corrected chi connectivity index (χ1v) is 14.5. The van der Waals surface area contributed by atoms with Gasteiger partial charge in [0.15, 0.2) is 23.1 Å². The first kappa shape index (κ1) is 29.8. The lowest BCUT2D eigenvalue weighted by atomic mass is 10.0. The summed E-state index contributed by atoms with van der Waals surface area (Å²) in [5.41, 5.74) is 0.812. The third-order valence-corrected chi connectivity index (χ3v) is 8.13. The van der Waals surface area contributed by atoms with Gasteiger partial charge in [0.05, 0.1) is 25.4 Å². The van der Waals surface area contributed by atoms with E-state index in [1.54, 1.807) is 23.1 Å². The van der Waals surface area contributed by atoms with E-state index in [0.717, 1.165) is 48.8 Å². The van der Waals surface area contributed by atoms with Crippen LogP contribution in [0.15, 0.2) is 66.9 Å². The van der Waals surface area contributed by atoms with Gasteiger partial charge in [-0.1, -0.05) is 12.8 Å². The molecule has 1 saturated carbocycles. The Morgan fingerprint density at radius 3 is 2.29 bits per heavy atom. The van der Waals surface area contributed by atoms with Crippen LogP contribution in [0.4, 0.5) is 25.0 Å². The molecule has 1 aliphatic carbocycles. The Morgan fingerprint density at radius 2 is 1.60 bits per heavy atom. The second kappa shape index (κ2) is 12.4. The highest BCUT2D eigenvalue weighted by atomic mass is 19.1. The first-order valence-electron chi connectivity index (χ1n) is 14.5. The first-order chi connectivity index (χ1) is 21.8. The molecule has 12 heteroatoms. The van der Waals surface area contributed by atoms with Crippen molar-refractivity contribution in [1.29, 1.82) is 0 Å². The van der Waals surface area contributed by atoms with Crippen molar-refractivity contribution in [3.8, 4) is 23.0 Å². The second-order valence-electron chi connectivity index (χ2n) is 10.8. The minimum absolute atomic E-state index is 0.0984. The van der Waals surface area contributed by atoms with Gasteiger partial charge in [-0.3, -0.25) is 14.6 Å². The molecule has 1 aromatic heterocycles. The third kappa shape index (κ3) is 5.83. The number of carbonyl (C=O) groups is 3. The number of ether oxygens (including phenoxy) is 3. The Balaban J connectivity index is 1.23. The predicted octanol–water partition coefficient (Wildman–Crippen LogP) is 6.29. The van der Waals surface area contributed by atoms with Crippen molar-refractivity contribution in [1.82, 2.24) is 9.88 Å². The fraction of sp³-hybridized carbons (Fsp3) is 0.273. The average Bonchev–Trinajstić information content (AvgIpc) is 3.57. The molecule has 45 heavy (non-hydrogen) atoms. The summed E-state index contributed by atoms with van der Waals surface area (Å²) in [6.07, 6.45) is 4.89. The lowest BCUT2D eigenvalue weighted by Crippen LogP contribution is -2.61. The second-order valence-corrected chi connectivity index (χ2v) is 10.8. The fourth-order valence-electron chi connectivity index (χ4n) is 5.82. The van der Waals surface area contributed by atoms with Crippen molar-refractivity contribution in [2.75, 3.05) is 31.0 Å². The molecule has 2 aliphatic rings. The van der Waals surface area contributed by atoms with Gasteiger partial charge in [-0.05, 0) is 61.4 Å². The molecule has 3 aromatic carbocycles. The number of nitrogens with zero attached hydrogens (tertiary/aromatic N) is 3. The molecular formula is C33H30F2N4O6. The van der Waals surface area contributed by atoms with E-state index in [1.807, 2.05) is 0 Å². The van der Waals surface area contributed by atoms with Gasteiger partial charge in [0.1, 0.15) is 17.5 Å². The molecule has 0 radical (unpaired) electrons. The van der Waals surface area contributed by atoms with Crippen LogP contribution in [0.5, 0.6) is 23.0 Å². The number of nitrogens with one attached hydrogen (secondary N) is 1. The summed E-state index contributed by atoms with van der Waals surface area (Å²) < 4.78 is 45.5. The third-order valence-electron chi connectivity index (χ3n) is 8.13. The number of aromatic nitrogens is 1. The zero-order valence-electron chi connectivity index (χ0n) is 24.6. The normalized spacial score (nSPS) is 17.1. The minimum atomic E-state index is -1.26. The number of pyridine rings is 1. The molecule has 1 unspecified atom stereocenters. The van der Waals surface area contributed by atoms with Gasteiger partial charge in [-0.15, -0.1) is 0 Å². The van der Waals surface area contributed by atoms with Gasteiger partial charge < -0.3 is 24.4 Å². The van der Waals surface area contributed by atoms with E-state index < -0.39 is 35.4 Å². The monoisotopic (exact) mass is 616 g/mol. The number of carbonyl (C=O) groups excluding carboxylic acids is 3. The number of hydrogen-bond acceptors (Lipinski definition) is 7. The van der Waals surface area contributed by atoms with Gasteiger partial charge in [-0.2, -0.15) is 0 Å².